The van der Waals surface area contributed by atoms with E-state index in [2.05, 4.69) is 40.3 Å². The molecule has 0 aliphatic carbocycles. The van der Waals surface area contributed by atoms with E-state index in [9.17, 15) is 0 Å². The van der Waals surface area contributed by atoms with Gasteiger partial charge in [-0.1, -0.05) is 6.92 Å². The summed E-state index contributed by atoms with van der Waals surface area (Å²) in [5.74, 6) is 0.909. The molecule has 1 saturated heterocycles. The Morgan fingerprint density at radius 1 is 1.53 bits per heavy atom. The second-order valence-electron chi connectivity index (χ2n) is 4.53. The Kier molecular flexibility index (Phi) is 4.23. The predicted molar refractivity (Wildman–Crippen MR) is 70.5 cm³/mol. The first kappa shape index (κ1) is 11.6. The molecule has 0 bridgehead atoms. The van der Waals surface area contributed by atoms with Crippen LogP contribution < -0.4 is 5.32 Å². The molecule has 0 amide bonds. The first-order valence-corrected chi connectivity index (χ1v) is 7.32. The topological polar surface area (TPSA) is 12.0 Å². The molecule has 0 saturated carbocycles. The van der Waals surface area contributed by atoms with Crippen LogP contribution in [0.4, 0.5) is 0 Å². The van der Waals surface area contributed by atoms with Crippen molar-refractivity contribution in [1.29, 1.82) is 0 Å². The van der Waals surface area contributed by atoms with Crippen molar-refractivity contribution in [2.75, 3.05) is 6.54 Å². The number of piperidine rings is 1. The van der Waals surface area contributed by atoms with Crippen LogP contribution in [0.1, 0.15) is 31.1 Å². The molecule has 1 aliphatic rings. The quantitative estimate of drug-likeness (QED) is 0.891. The SMILES string of the molecule is CC1CCNC(CCc2ccc(Br)s2)C1. The molecule has 1 aromatic rings. The third kappa shape index (κ3) is 3.58. The van der Waals surface area contributed by atoms with Crippen molar-refractivity contribution in [2.45, 2.75) is 38.6 Å². The van der Waals surface area contributed by atoms with Crippen LogP contribution >= 0.6 is 27.3 Å². The number of hydrogen-bond donors (Lipinski definition) is 1. The molecular weight excluding hydrogens is 270 g/mol. The Bertz CT molecular complexity index is 310. The van der Waals surface area contributed by atoms with Crippen molar-refractivity contribution in [3.63, 3.8) is 0 Å². The zero-order chi connectivity index (χ0) is 10.7. The lowest BCUT2D eigenvalue weighted by Gasteiger charge is -2.28. The molecule has 2 rings (SSSR count). The Labute approximate surface area is 104 Å². The second-order valence-corrected chi connectivity index (χ2v) is 7.07. The monoisotopic (exact) mass is 287 g/mol. The van der Waals surface area contributed by atoms with Gasteiger partial charge in [0.1, 0.15) is 0 Å². The Morgan fingerprint density at radius 3 is 3.07 bits per heavy atom. The molecule has 1 fully saturated rings. The minimum absolute atomic E-state index is 0.745. The maximum absolute atomic E-state index is 3.62. The van der Waals surface area contributed by atoms with Gasteiger partial charge in [-0.15, -0.1) is 11.3 Å². The molecular formula is C12H18BrNS. The fraction of sp³-hybridized carbons (Fsp3) is 0.667. The van der Waals surface area contributed by atoms with Crippen molar-refractivity contribution in [3.8, 4) is 0 Å². The summed E-state index contributed by atoms with van der Waals surface area (Å²) in [6.45, 7) is 3.58. The zero-order valence-corrected chi connectivity index (χ0v) is 11.5. The van der Waals surface area contributed by atoms with Gasteiger partial charge in [0.25, 0.3) is 0 Å². The molecule has 2 heterocycles. The minimum Gasteiger partial charge on any atom is -0.314 e. The highest BCUT2D eigenvalue weighted by Crippen LogP contribution is 2.25. The molecule has 0 radical (unpaired) electrons. The van der Waals surface area contributed by atoms with Crippen LogP contribution in [0, 0.1) is 5.92 Å². The molecule has 15 heavy (non-hydrogen) atoms. The van der Waals surface area contributed by atoms with E-state index in [0.29, 0.717) is 0 Å². The lowest BCUT2D eigenvalue weighted by atomic mass is 9.92. The highest BCUT2D eigenvalue weighted by atomic mass is 79.9. The van der Waals surface area contributed by atoms with E-state index in [1.807, 2.05) is 11.3 Å². The van der Waals surface area contributed by atoms with E-state index in [-0.39, 0.29) is 0 Å². The number of thiophene rings is 1. The molecule has 1 aromatic heterocycles. The van der Waals surface area contributed by atoms with Crippen molar-refractivity contribution in [2.24, 2.45) is 5.92 Å². The van der Waals surface area contributed by atoms with Gasteiger partial charge in [0, 0.05) is 10.9 Å². The van der Waals surface area contributed by atoms with Crippen LogP contribution in [-0.2, 0) is 6.42 Å². The van der Waals surface area contributed by atoms with Crippen LogP contribution in [0.2, 0.25) is 0 Å². The molecule has 84 valence electrons. The predicted octanol–water partition coefficient (Wildman–Crippen LogP) is 3.83. The van der Waals surface area contributed by atoms with Gasteiger partial charge in [0.05, 0.1) is 3.79 Å². The summed E-state index contributed by atoms with van der Waals surface area (Å²) in [6.07, 6.45) is 5.21. The molecule has 3 heteroatoms. The van der Waals surface area contributed by atoms with Crippen molar-refractivity contribution >= 4 is 27.3 Å². The highest BCUT2D eigenvalue weighted by Gasteiger charge is 2.17. The van der Waals surface area contributed by atoms with E-state index < -0.39 is 0 Å². The molecule has 2 atom stereocenters. The maximum Gasteiger partial charge on any atom is 0.0701 e. The van der Waals surface area contributed by atoms with Gasteiger partial charge in [-0.3, -0.25) is 0 Å². The molecule has 1 aliphatic heterocycles. The summed E-state index contributed by atoms with van der Waals surface area (Å²) in [6, 6.07) is 5.13. The fourth-order valence-corrected chi connectivity index (χ4v) is 3.74. The summed E-state index contributed by atoms with van der Waals surface area (Å²) < 4.78 is 1.25. The molecule has 0 spiro atoms. The molecule has 1 N–H and O–H groups in total. The van der Waals surface area contributed by atoms with Gasteiger partial charge in [-0.05, 0) is 66.2 Å². The molecule has 1 nitrogen and oxygen atoms in total. The number of hydrogen-bond acceptors (Lipinski definition) is 2. The lowest BCUT2D eigenvalue weighted by Crippen LogP contribution is -2.37. The zero-order valence-electron chi connectivity index (χ0n) is 9.13. The van der Waals surface area contributed by atoms with E-state index in [1.165, 1.54) is 40.9 Å². The maximum atomic E-state index is 3.62. The lowest BCUT2D eigenvalue weighted by molar-refractivity contribution is 0.308. The third-order valence-corrected chi connectivity index (χ3v) is 4.81. The number of rotatable bonds is 3. The Balaban J connectivity index is 1.77. The number of nitrogens with one attached hydrogen (secondary N) is 1. The average Bonchev–Trinajstić information content (AvgIpc) is 2.62. The second kappa shape index (κ2) is 5.46. The van der Waals surface area contributed by atoms with Gasteiger partial charge < -0.3 is 5.32 Å². The summed E-state index contributed by atoms with van der Waals surface area (Å²) in [5, 5.41) is 3.62. The van der Waals surface area contributed by atoms with E-state index in [0.717, 1.165) is 12.0 Å². The first-order chi connectivity index (χ1) is 7.24. The van der Waals surface area contributed by atoms with E-state index in [4.69, 9.17) is 0 Å². The van der Waals surface area contributed by atoms with Gasteiger partial charge in [-0.25, -0.2) is 0 Å². The largest absolute Gasteiger partial charge is 0.314 e. The Morgan fingerprint density at radius 2 is 2.40 bits per heavy atom. The molecule has 2 unspecified atom stereocenters. The number of halogens is 1. The minimum atomic E-state index is 0.745. The van der Waals surface area contributed by atoms with Gasteiger partial charge in [-0.2, -0.15) is 0 Å². The summed E-state index contributed by atoms with van der Waals surface area (Å²) >= 11 is 5.38. The van der Waals surface area contributed by atoms with Crippen molar-refractivity contribution < 1.29 is 0 Å². The Hall–Kier alpha value is 0.140. The highest BCUT2D eigenvalue weighted by molar-refractivity contribution is 9.11. The fourth-order valence-electron chi connectivity index (χ4n) is 2.24. The third-order valence-electron chi connectivity index (χ3n) is 3.13. The summed E-state index contributed by atoms with van der Waals surface area (Å²) in [4.78, 5) is 1.50. The van der Waals surface area contributed by atoms with Crippen LogP contribution in [0.5, 0.6) is 0 Å². The molecule has 0 aromatic carbocycles. The van der Waals surface area contributed by atoms with Crippen LogP contribution in [0.25, 0.3) is 0 Å². The normalized spacial score (nSPS) is 26.8. The summed E-state index contributed by atoms with van der Waals surface area (Å²) in [7, 11) is 0. The van der Waals surface area contributed by atoms with Gasteiger partial charge in [0.2, 0.25) is 0 Å². The van der Waals surface area contributed by atoms with Gasteiger partial charge >= 0.3 is 0 Å². The standard InChI is InChI=1S/C12H18BrNS/c1-9-6-7-14-10(8-9)2-3-11-4-5-12(13)15-11/h4-5,9-10,14H,2-3,6-8H2,1H3. The van der Waals surface area contributed by atoms with E-state index >= 15 is 0 Å². The van der Waals surface area contributed by atoms with Crippen LogP contribution in [-0.4, -0.2) is 12.6 Å². The number of aryl methyl sites for hydroxylation is 1. The first-order valence-electron chi connectivity index (χ1n) is 5.71. The van der Waals surface area contributed by atoms with Crippen molar-refractivity contribution in [3.05, 3.63) is 20.8 Å². The summed E-state index contributed by atoms with van der Waals surface area (Å²) in [5.41, 5.74) is 0. The van der Waals surface area contributed by atoms with E-state index in [1.54, 1.807) is 0 Å². The smallest absolute Gasteiger partial charge is 0.0701 e. The van der Waals surface area contributed by atoms with Crippen LogP contribution in [0.3, 0.4) is 0 Å². The average molecular weight is 288 g/mol. The van der Waals surface area contributed by atoms with Crippen molar-refractivity contribution in [1.82, 2.24) is 5.32 Å². The van der Waals surface area contributed by atoms with Gasteiger partial charge in [0.15, 0.2) is 0 Å². The van der Waals surface area contributed by atoms with Crippen LogP contribution in [0.15, 0.2) is 15.9 Å².